The minimum Gasteiger partial charge on any atom is -0.349 e. The normalized spacial score (nSPS) is 17.2. The molecule has 0 spiro atoms. The zero-order valence-corrected chi connectivity index (χ0v) is 11.8. The van der Waals surface area contributed by atoms with Gasteiger partial charge in [-0.15, -0.1) is 0 Å². The molecule has 1 amide bonds. The number of carbonyl (C=O) groups excluding carboxylic acids is 1. The van der Waals surface area contributed by atoms with Crippen molar-refractivity contribution in [3.8, 4) is 0 Å². The van der Waals surface area contributed by atoms with E-state index >= 15 is 0 Å². The van der Waals surface area contributed by atoms with Crippen molar-refractivity contribution in [1.29, 1.82) is 0 Å². The van der Waals surface area contributed by atoms with Crippen molar-refractivity contribution in [1.82, 2.24) is 5.32 Å². The van der Waals surface area contributed by atoms with Crippen molar-refractivity contribution < 1.29 is 9.18 Å². The van der Waals surface area contributed by atoms with Gasteiger partial charge in [0.2, 0.25) is 0 Å². The first-order chi connectivity index (χ1) is 8.66. The lowest BCUT2D eigenvalue weighted by atomic mass is 10.1. The van der Waals surface area contributed by atoms with Crippen LogP contribution in [0.1, 0.15) is 48.9 Å². The monoisotopic (exact) mass is 313 g/mol. The molecule has 18 heavy (non-hydrogen) atoms. The summed E-state index contributed by atoms with van der Waals surface area (Å²) in [5.41, 5.74) is 0.389. The van der Waals surface area contributed by atoms with Crippen LogP contribution in [-0.2, 0) is 0 Å². The highest BCUT2D eigenvalue weighted by molar-refractivity contribution is 9.10. The predicted octanol–water partition coefficient (Wildman–Crippen LogP) is 4.04. The highest BCUT2D eigenvalue weighted by atomic mass is 79.9. The summed E-state index contributed by atoms with van der Waals surface area (Å²) < 4.78 is 13.7. The summed E-state index contributed by atoms with van der Waals surface area (Å²) in [6.07, 6.45) is 6.90. The van der Waals surface area contributed by atoms with E-state index in [9.17, 15) is 9.18 Å². The number of nitrogens with one attached hydrogen (secondary N) is 1. The Hall–Kier alpha value is -0.900. The quantitative estimate of drug-likeness (QED) is 0.820. The first kappa shape index (κ1) is 13.5. The van der Waals surface area contributed by atoms with Crippen molar-refractivity contribution in [2.24, 2.45) is 0 Å². The molecule has 0 atom stereocenters. The lowest BCUT2D eigenvalue weighted by molar-refractivity contribution is 0.0933. The van der Waals surface area contributed by atoms with Gasteiger partial charge in [0.25, 0.3) is 5.91 Å². The van der Waals surface area contributed by atoms with Crippen molar-refractivity contribution in [3.63, 3.8) is 0 Å². The summed E-state index contributed by atoms with van der Waals surface area (Å²) in [7, 11) is 0. The molecule has 1 aromatic carbocycles. The molecule has 0 radical (unpaired) electrons. The van der Waals surface area contributed by atoms with Crippen LogP contribution >= 0.6 is 15.9 Å². The lowest BCUT2D eigenvalue weighted by Gasteiger charge is -2.16. The molecule has 1 N–H and O–H groups in total. The Morgan fingerprint density at radius 2 is 1.89 bits per heavy atom. The number of rotatable bonds is 2. The molecule has 4 heteroatoms. The number of hydrogen-bond acceptors (Lipinski definition) is 1. The number of halogens is 2. The summed E-state index contributed by atoms with van der Waals surface area (Å²) in [5.74, 6) is -0.572. The van der Waals surface area contributed by atoms with Gasteiger partial charge in [-0.2, -0.15) is 0 Å². The van der Waals surface area contributed by atoms with Gasteiger partial charge < -0.3 is 5.32 Å². The van der Waals surface area contributed by atoms with Gasteiger partial charge >= 0.3 is 0 Å². The fourth-order valence-corrected chi connectivity index (χ4v) is 2.58. The molecule has 2 rings (SSSR count). The summed E-state index contributed by atoms with van der Waals surface area (Å²) in [6, 6.07) is 4.72. The van der Waals surface area contributed by atoms with Crippen molar-refractivity contribution in [2.45, 2.75) is 44.6 Å². The molecule has 0 aliphatic heterocycles. The Morgan fingerprint density at radius 1 is 1.22 bits per heavy atom. The molecule has 1 fully saturated rings. The van der Waals surface area contributed by atoms with E-state index in [0.717, 1.165) is 12.8 Å². The van der Waals surface area contributed by atoms with Gasteiger partial charge in [0.15, 0.2) is 0 Å². The maximum Gasteiger partial charge on any atom is 0.251 e. The van der Waals surface area contributed by atoms with Gasteiger partial charge in [0.05, 0.1) is 4.47 Å². The second-order valence-electron chi connectivity index (χ2n) is 4.79. The molecule has 2 nitrogen and oxygen atoms in total. The van der Waals surface area contributed by atoms with E-state index in [2.05, 4.69) is 21.2 Å². The largest absolute Gasteiger partial charge is 0.349 e. The topological polar surface area (TPSA) is 29.1 Å². The second-order valence-corrected chi connectivity index (χ2v) is 5.65. The summed E-state index contributed by atoms with van der Waals surface area (Å²) in [5, 5.41) is 3.00. The van der Waals surface area contributed by atoms with Gasteiger partial charge in [-0.05, 0) is 47.0 Å². The SMILES string of the molecule is O=C(NC1CCCCCC1)c1ccc(Br)c(F)c1. The molecule has 0 aromatic heterocycles. The summed E-state index contributed by atoms with van der Waals surface area (Å²) in [6.45, 7) is 0. The van der Waals surface area contributed by atoms with Crippen LogP contribution in [-0.4, -0.2) is 11.9 Å². The van der Waals surface area contributed by atoms with E-state index in [4.69, 9.17) is 0 Å². The highest BCUT2D eigenvalue weighted by Gasteiger charge is 2.16. The number of hydrogen-bond donors (Lipinski definition) is 1. The Labute approximate surface area is 115 Å². The maximum atomic E-state index is 13.4. The minimum absolute atomic E-state index is 0.173. The second kappa shape index (κ2) is 6.32. The van der Waals surface area contributed by atoms with Crippen LogP contribution in [0.2, 0.25) is 0 Å². The number of carbonyl (C=O) groups is 1. The third-order valence-corrected chi connectivity index (χ3v) is 4.02. The molecular weight excluding hydrogens is 297 g/mol. The Morgan fingerprint density at radius 3 is 2.50 bits per heavy atom. The van der Waals surface area contributed by atoms with Crippen LogP contribution in [0.15, 0.2) is 22.7 Å². The van der Waals surface area contributed by atoms with Crippen LogP contribution in [0.5, 0.6) is 0 Å². The van der Waals surface area contributed by atoms with Gasteiger partial charge in [-0.3, -0.25) is 4.79 Å². The molecular formula is C14H17BrFNO. The third kappa shape index (κ3) is 3.55. The summed E-state index contributed by atoms with van der Waals surface area (Å²) >= 11 is 3.08. The van der Waals surface area contributed by atoms with Crippen LogP contribution in [0.3, 0.4) is 0 Å². The minimum atomic E-state index is -0.400. The zero-order chi connectivity index (χ0) is 13.0. The predicted molar refractivity (Wildman–Crippen MR) is 73.1 cm³/mol. The van der Waals surface area contributed by atoms with Crippen LogP contribution in [0, 0.1) is 5.82 Å². The molecule has 1 aliphatic carbocycles. The molecule has 1 saturated carbocycles. The molecule has 1 aromatic rings. The first-order valence-electron chi connectivity index (χ1n) is 6.43. The van der Waals surface area contributed by atoms with E-state index < -0.39 is 5.82 Å². The average molecular weight is 314 g/mol. The van der Waals surface area contributed by atoms with Crippen molar-refractivity contribution in [2.75, 3.05) is 0 Å². The number of amides is 1. The number of benzene rings is 1. The smallest absolute Gasteiger partial charge is 0.251 e. The van der Waals surface area contributed by atoms with E-state index in [-0.39, 0.29) is 11.9 Å². The van der Waals surface area contributed by atoms with E-state index in [1.54, 1.807) is 12.1 Å². The van der Waals surface area contributed by atoms with Crippen LogP contribution < -0.4 is 5.32 Å². The lowest BCUT2D eigenvalue weighted by Crippen LogP contribution is -2.34. The summed E-state index contributed by atoms with van der Waals surface area (Å²) in [4.78, 5) is 12.0. The van der Waals surface area contributed by atoms with Gasteiger partial charge in [-0.25, -0.2) is 4.39 Å². The Balaban J connectivity index is 1.99. The first-order valence-corrected chi connectivity index (χ1v) is 7.22. The van der Waals surface area contributed by atoms with Gasteiger partial charge in [-0.1, -0.05) is 25.7 Å². The highest BCUT2D eigenvalue weighted by Crippen LogP contribution is 2.19. The maximum absolute atomic E-state index is 13.4. The standard InChI is InChI=1S/C14H17BrFNO/c15-12-8-7-10(9-13(12)16)14(18)17-11-5-3-1-2-4-6-11/h7-9,11H,1-6H2,(H,17,18). The Kier molecular flexibility index (Phi) is 4.75. The molecule has 98 valence electrons. The van der Waals surface area contributed by atoms with Crippen LogP contribution in [0.4, 0.5) is 4.39 Å². The van der Waals surface area contributed by atoms with Crippen LogP contribution in [0.25, 0.3) is 0 Å². The fraction of sp³-hybridized carbons (Fsp3) is 0.500. The molecule has 0 unspecified atom stereocenters. The molecule has 0 heterocycles. The third-order valence-electron chi connectivity index (χ3n) is 3.37. The Bertz CT molecular complexity index is 428. The zero-order valence-electron chi connectivity index (χ0n) is 10.2. The van der Waals surface area contributed by atoms with E-state index in [1.165, 1.54) is 31.7 Å². The molecule has 0 saturated heterocycles. The van der Waals surface area contributed by atoms with E-state index in [0.29, 0.717) is 10.0 Å². The van der Waals surface area contributed by atoms with Crippen molar-refractivity contribution in [3.05, 3.63) is 34.1 Å². The average Bonchev–Trinajstić information content (AvgIpc) is 2.61. The molecule has 0 bridgehead atoms. The van der Waals surface area contributed by atoms with Gasteiger partial charge in [0, 0.05) is 11.6 Å². The van der Waals surface area contributed by atoms with Gasteiger partial charge in [0.1, 0.15) is 5.82 Å². The fourth-order valence-electron chi connectivity index (χ4n) is 2.33. The molecule has 1 aliphatic rings. The van der Waals surface area contributed by atoms with Crippen molar-refractivity contribution >= 4 is 21.8 Å². The van der Waals surface area contributed by atoms with E-state index in [1.807, 2.05) is 0 Å².